The Hall–Kier alpha value is -3.69. The minimum Gasteiger partial charge on any atom is -0.465 e. The van der Waals surface area contributed by atoms with Crippen LogP contribution in [0.15, 0.2) is 42.5 Å². The molecule has 10 heteroatoms. The van der Waals surface area contributed by atoms with Gasteiger partial charge >= 0.3 is 11.8 Å². The van der Waals surface area contributed by atoms with Gasteiger partial charge in [0.15, 0.2) is 0 Å². The van der Waals surface area contributed by atoms with E-state index in [1.807, 2.05) is 5.32 Å². The van der Waals surface area contributed by atoms with E-state index < -0.39 is 21.6 Å². The first kappa shape index (κ1) is 15.7. The third-order valence-corrected chi connectivity index (χ3v) is 2.68. The fourth-order valence-corrected chi connectivity index (χ4v) is 1.71. The summed E-state index contributed by atoms with van der Waals surface area (Å²) < 4.78 is 5.33. The lowest BCUT2D eigenvalue weighted by Gasteiger charge is -2.07. The Morgan fingerprint density at radius 2 is 1.70 bits per heavy atom. The molecule has 1 amide bonds. The van der Waals surface area contributed by atoms with Gasteiger partial charge in [0.05, 0.1) is 15.5 Å². The number of benzene rings is 2. The lowest BCUT2D eigenvalue weighted by atomic mass is 10.2. The van der Waals surface area contributed by atoms with E-state index in [9.17, 15) is 25.0 Å². The highest BCUT2D eigenvalue weighted by molar-refractivity contribution is 5.83. The molecule has 0 fully saturated rings. The van der Waals surface area contributed by atoms with Crippen molar-refractivity contribution in [3.8, 4) is 11.5 Å². The van der Waals surface area contributed by atoms with E-state index in [1.54, 1.807) is 0 Å². The maximum absolute atomic E-state index is 11.1. The van der Waals surface area contributed by atoms with Gasteiger partial charge < -0.3 is 9.84 Å². The van der Waals surface area contributed by atoms with Gasteiger partial charge in [0.25, 0.3) is 5.69 Å². The molecule has 0 unspecified atom stereocenters. The van der Waals surface area contributed by atoms with Crippen LogP contribution in [0.2, 0.25) is 0 Å². The Kier molecular flexibility index (Phi) is 4.36. The lowest BCUT2D eigenvalue weighted by molar-refractivity contribution is -0.385. The van der Waals surface area contributed by atoms with E-state index in [0.717, 1.165) is 6.07 Å². The molecule has 2 rings (SSSR count). The average Bonchev–Trinajstić information content (AvgIpc) is 2.48. The van der Waals surface area contributed by atoms with E-state index in [0.29, 0.717) is 0 Å². The summed E-state index contributed by atoms with van der Waals surface area (Å²) in [5, 5.41) is 32.2. The van der Waals surface area contributed by atoms with Gasteiger partial charge in [-0.1, -0.05) is 0 Å². The Morgan fingerprint density at radius 1 is 1.04 bits per heavy atom. The molecule has 0 saturated carbocycles. The Balaban J connectivity index is 2.29. The van der Waals surface area contributed by atoms with Gasteiger partial charge in [0, 0.05) is 18.2 Å². The van der Waals surface area contributed by atoms with Crippen LogP contribution in [-0.2, 0) is 0 Å². The van der Waals surface area contributed by atoms with Crippen molar-refractivity contribution < 1.29 is 24.5 Å². The minimum absolute atomic E-state index is 0.0141. The highest BCUT2D eigenvalue weighted by Gasteiger charge is 2.18. The topological polar surface area (TPSA) is 145 Å². The summed E-state index contributed by atoms with van der Waals surface area (Å²) in [6.45, 7) is 0. The molecule has 0 bridgehead atoms. The molecule has 0 atom stereocenters. The zero-order chi connectivity index (χ0) is 17.0. The number of amides is 1. The second-order valence-electron chi connectivity index (χ2n) is 4.22. The monoisotopic (exact) mass is 319 g/mol. The van der Waals surface area contributed by atoms with E-state index in [-0.39, 0.29) is 22.9 Å². The predicted molar refractivity (Wildman–Crippen MR) is 77.9 cm³/mol. The number of nitro groups is 2. The van der Waals surface area contributed by atoms with Crippen molar-refractivity contribution in [1.82, 2.24) is 0 Å². The number of rotatable bonds is 5. The summed E-state index contributed by atoms with van der Waals surface area (Å²) in [4.78, 5) is 30.8. The Labute approximate surface area is 128 Å². The van der Waals surface area contributed by atoms with Crippen molar-refractivity contribution in [2.45, 2.75) is 0 Å². The van der Waals surface area contributed by atoms with Crippen LogP contribution >= 0.6 is 0 Å². The quantitative estimate of drug-likeness (QED) is 0.634. The molecular formula is C13H9N3O7. The fraction of sp³-hybridized carbons (Fsp3) is 0. The van der Waals surface area contributed by atoms with E-state index in [4.69, 9.17) is 9.84 Å². The third-order valence-electron chi connectivity index (χ3n) is 2.68. The van der Waals surface area contributed by atoms with Crippen LogP contribution in [0.1, 0.15) is 0 Å². The summed E-state index contributed by atoms with van der Waals surface area (Å²) in [7, 11) is 0. The second kappa shape index (κ2) is 6.39. The van der Waals surface area contributed by atoms with Crippen LogP contribution in [0.3, 0.4) is 0 Å². The zero-order valence-corrected chi connectivity index (χ0v) is 11.3. The molecule has 23 heavy (non-hydrogen) atoms. The number of hydrogen-bond acceptors (Lipinski definition) is 6. The second-order valence-corrected chi connectivity index (χ2v) is 4.22. The van der Waals surface area contributed by atoms with Crippen molar-refractivity contribution in [3.05, 3.63) is 62.7 Å². The standard InChI is InChI=1S/C13H9N3O7/c17-13(18)14-8-1-6-12(11(7-8)16(21)22)23-10-4-2-9(3-5-10)15(19)20/h1-7,14H,(H,17,18). The van der Waals surface area contributed by atoms with Crippen LogP contribution in [0.25, 0.3) is 0 Å². The molecule has 0 aliphatic heterocycles. The molecule has 0 aliphatic carbocycles. The SMILES string of the molecule is O=C(O)Nc1ccc(Oc2ccc([N+](=O)[O-])cc2)c([N+](=O)[O-])c1. The number of nitro benzene ring substituents is 2. The molecule has 2 N–H and O–H groups in total. The van der Waals surface area contributed by atoms with Gasteiger partial charge in [0.2, 0.25) is 5.75 Å². The van der Waals surface area contributed by atoms with Gasteiger partial charge in [-0.15, -0.1) is 0 Å². The normalized spacial score (nSPS) is 9.91. The number of non-ortho nitro benzene ring substituents is 1. The summed E-state index contributed by atoms with van der Waals surface area (Å²) in [5.74, 6) is 0.0393. The number of hydrogen-bond donors (Lipinski definition) is 2. The maximum atomic E-state index is 11.1. The van der Waals surface area contributed by atoms with Gasteiger partial charge in [-0.2, -0.15) is 0 Å². The fourth-order valence-electron chi connectivity index (χ4n) is 1.71. The predicted octanol–water partition coefficient (Wildman–Crippen LogP) is 3.39. The Morgan fingerprint density at radius 3 is 2.22 bits per heavy atom. The van der Waals surface area contributed by atoms with E-state index in [2.05, 4.69) is 0 Å². The first-order chi connectivity index (χ1) is 10.9. The highest BCUT2D eigenvalue weighted by Crippen LogP contribution is 2.34. The summed E-state index contributed by atoms with van der Waals surface area (Å²) in [6.07, 6.45) is -1.36. The maximum Gasteiger partial charge on any atom is 0.409 e. The summed E-state index contributed by atoms with van der Waals surface area (Å²) in [6, 6.07) is 8.51. The molecule has 0 saturated heterocycles. The van der Waals surface area contributed by atoms with Crippen LogP contribution in [0.4, 0.5) is 21.9 Å². The number of carbonyl (C=O) groups is 1. The number of nitrogens with zero attached hydrogens (tertiary/aromatic N) is 2. The van der Waals surface area contributed by atoms with Crippen LogP contribution < -0.4 is 10.1 Å². The average molecular weight is 319 g/mol. The van der Waals surface area contributed by atoms with Crippen LogP contribution in [-0.4, -0.2) is 21.0 Å². The molecule has 118 valence electrons. The van der Waals surface area contributed by atoms with Crippen molar-refractivity contribution in [2.24, 2.45) is 0 Å². The van der Waals surface area contributed by atoms with Gasteiger partial charge in [-0.05, 0) is 24.3 Å². The molecule has 0 spiro atoms. The smallest absolute Gasteiger partial charge is 0.409 e. The largest absolute Gasteiger partial charge is 0.465 e. The van der Waals surface area contributed by atoms with Gasteiger partial charge in [0.1, 0.15) is 5.75 Å². The molecular weight excluding hydrogens is 310 g/mol. The number of nitrogens with one attached hydrogen (secondary N) is 1. The molecule has 2 aromatic carbocycles. The number of ether oxygens (including phenoxy) is 1. The summed E-state index contributed by atoms with van der Waals surface area (Å²) >= 11 is 0. The first-order valence-corrected chi connectivity index (χ1v) is 6.07. The number of anilines is 1. The van der Waals surface area contributed by atoms with Gasteiger partial charge in [-0.25, -0.2) is 4.79 Å². The first-order valence-electron chi connectivity index (χ1n) is 6.07. The summed E-state index contributed by atoms with van der Waals surface area (Å²) in [5.41, 5.74) is -0.581. The lowest BCUT2D eigenvalue weighted by Crippen LogP contribution is -2.07. The minimum atomic E-state index is -1.36. The van der Waals surface area contributed by atoms with Crippen molar-refractivity contribution in [3.63, 3.8) is 0 Å². The highest BCUT2D eigenvalue weighted by atomic mass is 16.6. The molecule has 2 aromatic rings. The van der Waals surface area contributed by atoms with Crippen LogP contribution in [0, 0.1) is 20.2 Å². The Bertz CT molecular complexity index is 774. The third kappa shape index (κ3) is 3.91. The van der Waals surface area contributed by atoms with Crippen molar-refractivity contribution in [2.75, 3.05) is 5.32 Å². The van der Waals surface area contributed by atoms with Crippen molar-refractivity contribution in [1.29, 1.82) is 0 Å². The van der Waals surface area contributed by atoms with Crippen LogP contribution in [0.5, 0.6) is 11.5 Å². The zero-order valence-electron chi connectivity index (χ0n) is 11.3. The molecule has 0 aromatic heterocycles. The van der Waals surface area contributed by atoms with E-state index in [1.165, 1.54) is 36.4 Å². The molecule has 0 heterocycles. The number of carboxylic acid groups (broad SMARTS) is 1. The molecule has 0 radical (unpaired) electrons. The molecule has 10 nitrogen and oxygen atoms in total. The van der Waals surface area contributed by atoms with Crippen molar-refractivity contribution >= 4 is 23.2 Å². The van der Waals surface area contributed by atoms with Gasteiger partial charge in [-0.3, -0.25) is 25.5 Å². The molecule has 0 aliphatic rings. The van der Waals surface area contributed by atoms with E-state index >= 15 is 0 Å².